The van der Waals surface area contributed by atoms with Crippen molar-refractivity contribution < 1.29 is 24.2 Å². The number of aliphatic hydroxyl groups is 1. The predicted octanol–water partition coefficient (Wildman–Crippen LogP) is 2.72. The van der Waals surface area contributed by atoms with Gasteiger partial charge in [-0.1, -0.05) is 17.2 Å². The quantitative estimate of drug-likeness (QED) is 0.617. The average molecular weight is 336 g/mol. The number of esters is 1. The molecular formula is C19H28O5. The van der Waals surface area contributed by atoms with Crippen LogP contribution in [0.25, 0.3) is 0 Å². The van der Waals surface area contributed by atoms with E-state index in [2.05, 4.69) is 19.9 Å². The number of hydrogen-bond donors (Lipinski definition) is 1. The van der Waals surface area contributed by atoms with Crippen LogP contribution in [0.3, 0.4) is 0 Å². The molecule has 5 nitrogen and oxygen atoms in total. The lowest BCUT2D eigenvalue weighted by molar-refractivity contribution is -0.148. The molecule has 0 bridgehead atoms. The van der Waals surface area contributed by atoms with Gasteiger partial charge in [-0.05, 0) is 46.1 Å². The van der Waals surface area contributed by atoms with E-state index >= 15 is 0 Å². The fraction of sp³-hybridized carbons (Fsp3) is 0.684. The second kappa shape index (κ2) is 7.62. The molecule has 1 aliphatic carbocycles. The van der Waals surface area contributed by atoms with Crippen molar-refractivity contribution in [3.8, 4) is 0 Å². The number of allylic oxidation sites excluding steroid dienone is 3. The van der Waals surface area contributed by atoms with Gasteiger partial charge in [0.15, 0.2) is 0 Å². The highest BCUT2D eigenvalue weighted by Crippen LogP contribution is 2.46. The molecule has 2 aliphatic rings. The standard InChI is InChI=1S/C19H28O5/c1-12(2)6-5-7-13(3)8-17-19(11-18(22)24-17)10-14(20)15(23-4)9-16(19)21/h6,8,14-15,17,20H,5,7,9-11H2,1-4H3/b13-8+/t14-,15+,17+,19?/m0/s1. The van der Waals surface area contributed by atoms with Gasteiger partial charge in [-0.25, -0.2) is 0 Å². The Labute approximate surface area is 143 Å². The van der Waals surface area contributed by atoms with Crippen LogP contribution in [-0.4, -0.2) is 42.3 Å². The molecule has 0 amide bonds. The van der Waals surface area contributed by atoms with Crippen LogP contribution in [0.4, 0.5) is 0 Å². The number of methoxy groups -OCH3 is 1. The first-order valence-corrected chi connectivity index (χ1v) is 8.53. The van der Waals surface area contributed by atoms with Gasteiger partial charge in [0.1, 0.15) is 11.9 Å². The van der Waals surface area contributed by atoms with Crippen LogP contribution in [0.1, 0.15) is 52.9 Å². The highest BCUT2D eigenvalue weighted by atomic mass is 16.6. The Bertz CT molecular complexity index is 558. The lowest BCUT2D eigenvalue weighted by Gasteiger charge is -2.39. The van der Waals surface area contributed by atoms with Crippen LogP contribution in [0.15, 0.2) is 23.3 Å². The molecule has 24 heavy (non-hydrogen) atoms. The number of cyclic esters (lactones) is 1. The van der Waals surface area contributed by atoms with Gasteiger partial charge in [-0.2, -0.15) is 0 Å². The van der Waals surface area contributed by atoms with E-state index in [1.807, 2.05) is 13.0 Å². The molecule has 4 atom stereocenters. The first-order valence-electron chi connectivity index (χ1n) is 8.53. The summed E-state index contributed by atoms with van der Waals surface area (Å²) in [5.41, 5.74) is 1.41. The third kappa shape index (κ3) is 3.95. The Balaban J connectivity index is 2.18. The van der Waals surface area contributed by atoms with E-state index in [0.29, 0.717) is 0 Å². The van der Waals surface area contributed by atoms with E-state index in [-0.39, 0.29) is 31.0 Å². The Kier molecular flexibility index (Phi) is 5.99. The Morgan fingerprint density at radius 3 is 2.71 bits per heavy atom. The SMILES string of the molecule is CO[C@@H]1CC(=O)C2(CC(=O)O[C@@H]2/C=C(\C)CCC=C(C)C)C[C@@H]1O. The summed E-state index contributed by atoms with van der Waals surface area (Å²) in [7, 11) is 1.49. The summed E-state index contributed by atoms with van der Waals surface area (Å²) in [5.74, 6) is -0.423. The van der Waals surface area contributed by atoms with Gasteiger partial charge in [-0.3, -0.25) is 9.59 Å². The van der Waals surface area contributed by atoms with Crippen molar-refractivity contribution in [3.05, 3.63) is 23.3 Å². The molecule has 0 radical (unpaired) electrons. The van der Waals surface area contributed by atoms with E-state index in [1.54, 1.807) is 0 Å². The average Bonchev–Trinajstić information content (AvgIpc) is 2.79. The summed E-state index contributed by atoms with van der Waals surface area (Å²) in [6.07, 6.45) is 4.35. The van der Waals surface area contributed by atoms with E-state index in [9.17, 15) is 14.7 Å². The Hall–Kier alpha value is -1.46. The normalized spacial score (nSPS) is 33.7. The number of hydrogen-bond acceptors (Lipinski definition) is 5. The maximum absolute atomic E-state index is 12.7. The van der Waals surface area contributed by atoms with Crippen molar-refractivity contribution in [1.82, 2.24) is 0 Å². The molecule has 1 spiro atoms. The van der Waals surface area contributed by atoms with Gasteiger partial charge in [-0.15, -0.1) is 0 Å². The molecule has 1 N–H and O–H groups in total. The fourth-order valence-corrected chi connectivity index (χ4v) is 3.60. The fourth-order valence-electron chi connectivity index (χ4n) is 3.60. The van der Waals surface area contributed by atoms with Crippen molar-refractivity contribution in [1.29, 1.82) is 0 Å². The van der Waals surface area contributed by atoms with E-state index in [4.69, 9.17) is 9.47 Å². The summed E-state index contributed by atoms with van der Waals surface area (Å²) in [6, 6.07) is 0. The van der Waals surface area contributed by atoms with Crippen LogP contribution in [0.5, 0.6) is 0 Å². The molecule has 134 valence electrons. The minimum Gasteiger partial charge on any atom is -0.457 e. The first-order chi connectivity index (χ1) is 11.3. The van der Waals surface area contributed by atoms with Crippen molar-refractivity contribution in [2.75, 3.05) is 7.11 Å². The second-order valence-electron chi connectivity index (χ2n) is 7.25. The number of carbonyl (C=O) groups excluding carboxylic acids is 2. The molecule has 1 unspecified atom stereocenters. The molecule has 5 heteroatoms. The van der Waals surface area contributed by atoms with Crippen molar-refractivity contribution in [2.24, 2.45) is 5.41 Å². The molecule has 0 aromatic rings. The monoisotopic (exact) mass is 336 g/mol. The number of aliphatic hydroxyl groups excluding tert-OH is 1. The molecule has 2 rings (SSSR count). The minimum absolute atomic E-state index is 0.0434. The summed E-state index contributed by atoms with van der Waals surface area (Å²) in [5, 5.41) is 10.3. The van der Waals surface area contributed by atoms with Crippen LogP contribution < -0.4 is 0 Å². The zero-order chi connectivity index (χ0) is 17.9. The maximum atomic E-state index is 12.7. The van der Waals surface area contributed by atoms with Gasteiger partial charge in [0.05, 0.1) is 24.0 Å². The topological polar surface area (TPSA) is 72.8 Å². The van der Waals surface area contributed by atoms with Crippen LogP contribution in [0.2, 0.25) is 0 Å². The van der Waals surface area contributed by atoms with Gasteiger partial charge in [0, 0.05) is 13.5 Å². The molecule has 0 aromatic carbocycles. The Morgan fingerprint density at radius 1 is 1.38 bits per heavy atom. The van der Waals surface area contributed by atoms with E-state index in [1.165, 1.54) is 12.7 Å². The van der Waals surface area contributed by atoms with Crippen molar-refractivity contribution >= 4 is 11.8 Å². The van der Waals surface area contributed by atoms with Gasteiger partial charge < -0.3 is 14.6 Å². The Morgan fingerprint density at radius 2 is 2.08 bits per heavy atom. The molecular weight excluding hydrogens is 308 g/mol. The highest BCUT2D eigenvalue weighted by molar-refractivity contribution is 5.93. The number of carbonyl (C=O) groups is 2. The summed E-state index contributed by atoms with van der Waals surface area (Å²) in [4.78, 5) is 24.6. The predicted molar refractivity (Wildman–Crippen MR) is 90.4 cm³/mol. The molecule has 2 fully saturated rings. The highest BCUT2D eigenvalue weighted by Gasteiger charge is 2.57. The number of ketones is 1. The smallest absolute Gasteiger partial charge is 0.307 e. The van der Waals surface area contributed by atoms with Crippen LogP contribution in [-0.2, 0) is 19.1 Å². The second-order valence-corrected chi connectivity index (χ2v) is 7.25. The van der Waals surface area contributed by atoms with E-state index in [0.717, 1.165) is 18.4 Å². The summed E-state index contributed by atoms with van der Waals surface area (Å²) in [6.45, 7) is 6.10. The van der Waals surface area contributed by atoms with Crippen LogP contribution in [0, 0.1) is 5.41 Å². The molecule has 1 aliphatic heterocycles. The van der Waals surface area contributed by atoms with E-state index < -0.39 is 23.7 Å². The van der Waals surface area contributed by atoms with Gasteiger partial charge in [0.2, 0.25) is 0 Å². The number of Topliss-reactive ketones (excluding diaryl/α,β-unsaturated/α-hetero) is 1. The van der Waals surface area contributed by atoms with Gasteiger partial charge >= 0.3 is 5.97 Å². The first kappa shape index (κ1) is 18.9. The zero-order valence-electron chi connectivity index (χ0n) is 15.0. The molecule has 1 saturated carbocycles. The zero-order valence-corrected chi connectivity index (χ0v) is 15.0. The minimum atomic E-state index is -0.941. The van der Waals surface area contributed by atoms with Crippen LogP contribution >= 0.6 is 0 Å². The molecule has 0 aromatic heterocycles. The number of ether oxygens (including phenoxy) is 2. The largest absolute Gasteiger partial charge is 0.457 e. The summed E-state index contributed by atoms with van der Waals surface area (Å²) < 4.78 is 10.6. The van der Waals surface area contributed by atoms with Gasteiger partial charge in [0.25, 0.3) is 0 Å². The third-order valence-corrected chi connectivity index (χ3v) is 5.04. The lowest BCUT2D eigenvalue weighted by Crippen LogP contribution is -2.51. The molecule has 1 saturated heterocycles. The maximum Gasteiger partial charge on any atom is 0.307 e. The summed E-state index contributed by atoms with van der Waals surface area (Å²) >= 11 is 0. The van der Waals surface area contributed by atoms with Crippen molar-refractivity contribution in [3.63, 3.8) is 0 Å². The van der Waals surface area contributed by atoms with Crippen molar-refractivity contribution in [2.45, 2.75) is 71.2 Å². The molecule has 1 heterocycles. The third-order valence-electron chi connectivity index (χ3n) is 5.04. The number of rotatable bonds is 5. The lowest BCUT2D eigenvalue weighted by atomic mass is 9.66.